The van der Waals surface area contributed by atoms with E-state index in [1.807, 2.05) is 97.4 Å². The number of para-hydroxylation sites is 1. The molecule has 0 unspecified atom stereocenters. The molecule has 0 bridgehead atoms. The van der Waals surface area contributed by atoms with Crippen molar-refractivity contribution < 1.29 is 38.5 Å². The second-order valence-electron chi connectivity index (χ2n) is 19.0. The molecule has 0 atom stereocenters. The minimum absolute atomic E-state index is 0. The molecule has 0 saturated carbocycles. The number of nitrogens with zero attached hydrogens (tertiary/aromatic N) is 3. The molecule has 0 radical (unpaired) electrons. The van der Waals surface area contributed by atoms with Gasteiger partial charge in [-0.2, -0.15) is 0 Å². The zero-order chi connectivity index (χ0) is 54.0. The second-order valence-corrected chi connectivity index (χ2v) is 19.0. The van der Waals surface area contributed by atoms with Crippen LogP contribution >= 0.6 is 0 Å². The average molecular weight is 1070 g/mol. The molecular formula is C62H61N3OPt. The van der Waals surface area contributed by atoms with Gasteiger partial charge in [0.15, 0.2) is 0 Å². The maximum Gasteiger partial charge on any atom is 0.149 e. The van der Waals surface area contributed by atoms with Gasteiger partial charge < -0.3 is 5.11 Å². The average Bonchev–Trinajstić information content (AvgIpc) is 3.78. The fraction of sp³-hybridized carbons (Fsp3) is 0.226. The molecule has 9 aromatic rings. The fourth-order valence-corrected chi connectivity index (χ4v) is 8.81. The molecule has 0 aliphatic heterocycles. The van der Waals surface area contributed by atoms with Crippen LogP contribution in [-0.4, -0.2) is 19.6 Å². The predicted octanol–water partition coefficient (Wildman–Crippen LogP) is 17.0. The summed E-state index contributed by atoms with van der Waals surface area (Å²) in [5.41, 5.74) is 9.64. The Morgan fingerprint density at radius 2 is 1.16 bits per heavy atom. The molecule has 9 rings (SSSR count). The van der Waals surface area contributed by atoms with Gasteiger partial charge >= 0.3 is 0 Å². The van der Waals surface area contributed by atoms with Crippen molar-refractivity contribution in [2.75, 3.05) is 0 Å². The van der Waals surface area contributed by atoms with E-state index in [2.05, 4.69) is 95.3 Å². The summed E-state index contributed by atoms with van der Waals surface area (Å²) >= 11 is 0. The minimum Gasteiger partial charge on any atom is -0.507 e. The molecular weight excluding hydrogens is 998 g/mol. The zero-order valence-electron chi connectivity index (χ0n) is 47.9. The Hall–Kier alpha value is -6.35. The molecule has 0 spiro atoms. The number of phenolic OH excluding ortho intramolecular Hbond substituents is 1. The van der Waals surface area contributed by atoms with Crippen LogP contribution in [0.3, 0.4) is 0 Å². The Morgan fingerprint density at radius 3 is 1.81 bits per heavy atom. The number of pyridine rings is 1. The molecule has 7 aromatic carbocycles. The van der Waals surface area contributed by atoms with Crippen LogP contribution in [0.25, 0.3) is 83.9 Å². The molecule has 67 heavy (non-hydrogen) atoms. The summed E-state index contributed by atoms with van der Waals surface area (Å²) in [6, 6.07) is 52.7. The molecule has 5 heteroatoms. The number of phenols is 1. The third kappa shape index (κ3) is 9.47. The Bertz CT molecular complexity index is 3520. The van der Waals surface area contributed by atoms with Gasteiger partial charge in [-0.25, -0.2) is 4.98 Å². The normalized spacial score (nSPS) is 14.5. The minimum atomic E-state index is -3.48. The van der Waals surface area contributed by atoms with Crippen molar-refractivity contribution in [1.29, 1.82) is 0 Å². The molecule has 4 nitrogen and oxygen atoms in total. The summed E-state index contributed by atoms with van der Waals surface area (Å²) in [5.74, 6) is 0.427. The third-order valence-corrected chi connectivity index (χ3v) is 12.6. The smallest absolute Gasteiger partial charge is 0.149 e. The van der Waals surface area contributed by atoms with Crippen LogP contribution in [0.2, 0.25) is 0 Å². The maximum absolute atomic E-state index is 12.4. The molecule has 340 valence electrons. The number of benzene rings is 7. The van der Waals surface area contributed by atoms with E-state index in [4.69, 9.17) is 22.3 Å². The van der Waals surface area contributed by atoms with Crippen LogP contribution in [-0.2, 0) is 31.9 Å². The van der Waals surface area contributed by atoms with Crippen LogP contribution < -0.4 is 0 Å². The topological polar surface area (TPSA) is 50.9 Å². The first kappa shape index (κ1) is 36.7. The van der Waals surface area contributed by atoms with Crippen molar-refractivity contribution in [2.45, 2.75) is 91.7 Å². The number of aromatic hydroxyl groups is 1. The zero-order valence-corrected chi connectivity index (χ0v) is 41.2. The van der Waals surface area contributed by atoms with Crippen molar-refractivity contribution in [1.82, 2.24) is 14.5 Å². The quantitative estimate of drug-likeness (QED) is 0.157. The summed E-state index contributed by atoms with van der Waals surface area (Å²) in [5, 5.41) is 12.4. The maximum atomic E-state index is 12.4. The van der Waals surface area contributed by atoms with Crippen molar-refractivity contribution in [2.24, 2.45) is 0 Å². The third-order valence-electron chi connectivity index (χ3n) is 12.6. The van der Waals surface area contributed by atoms with E-state index in [1.165, 1.54) is 12.1 Å². The Morgan fingerprint density at radius 1 is 0.522 bits per heavy atom. The van der Waals surface area contributed by atoms with Gasteiger partial charge in [0, 0.05) is 56.3 Å². The molecule has 2 heterocycles. The van der Waals surface area contributed by atoms with Crippen molar-refractivity contribution >= 4 is 11.0 Å². The molecule has 0 amide bonds. The Kier molecular flexibility index (Phi) is 10.3. The number of aromatic nitrogens is 3. The van der Waals surface area contributed by atoms with Crippen LogP contribution in [0.4, 0.5) is 0 Å². The van der Waals surface area contributed by atoms with E-state index in [0.29, 0.717) is 39.2 Å². The number of fused-ring (bicyclic) bond motifs is 1. The SMILES string of the molecule is [2H]C([2H])([2H])C(c1ccc(-n2c(-c3cc(C(C)C)cc(C(C)C)c3O)nc3c(-c4cc(-c5cc(-c6ccc(-c7ccccc7)cc6)ccn5)cc(C(C)(C)C)c4)cccc32)c(-c2ccccc2)c1)(C([2H])([2H])[2H])C([2H])([2H])[2H].[Pt]. The van der Waals surface area contributed by atoms with E-state index in [9.17, 15) is 5.11 Å². The molecule has 1 N–H and O–H groups in total. The van der Waals surface area contributed by atoms with Gasteiger partial charge in [-0.15, -0.1) is 0 Å². The first-order chi connectivity index (χ1) is 35.3. The summed E-state index contributed by atoms with van der Waals surface area (Å²) in [6.07, 6.45) is 1.84. The molecule has 2 aromatic heterocycles. The van der Waals surface area contributed by atoms with Crippen LogP contribution in [0.1, 0.15) is 115 Å². The van der Waals surface area contributed by atoms with Gasteiger partial charge in [-0.3, -0.25) is 9.55 Å². The Labute approximate surface area is 424 Å². The van der Waals surface area contributed by atoms with Crippen LogP contribution in [0.5, 0.6) is 5.75 Å². The predicted molar refractivity (Wildman–Crippen MR) is 279 cm³/mol. The molecule has 0 fully saturated rings. The second kappa shape index (κ2) is 18.7. The molecule has 0 saturated heterocycles. The van der Waals surface area contributed by atoms with Gasteiger partial charge in [0.25, 0.3) is 0 Å². The van der Waals surface area contributed by atoms with E-state index in [1.54, 1.807) is 18.2 Å². The summed E-state index contributed by atoms with van der Waals surface area (Å²) in [4.78, 5) is 10.4. The first-order valence-corrected chi connectivity index (χ1v) is 22.7. The summed E-state index contributed by atoms with van der Waals surface area (Å²) < 4.78 is 79.5. The summed E-state index contributed by atoms with van der Waals surface area (Å²) in [6.45, 7) is 4.29. The van der Waals surface area contributed by atoms with Gasteiger partial charge in [0.2, 0.25) is 0 Å². The fourth-order valence-electron chi connectivity index (χ4n) is 8.81. The van der Waals surface area contributed by atoms with E-state index in [0.717, 1.165) is 61.3 Å². The standard InChI is InChI=1S/C62H61N3O.Pt/c1-39(2)46-35-52(40(3)4)59(66)54(36-46)60-64-58-51(22-17-23-57(58)65(60)56-29-28-49(61(5,6)7)38-53(56)44-20-15-12-16-21-44)47-32-48(34-50(33-47)62(8,9)10)55-37-45(30-31-63-55)43-26-24-42(25-27-43)41-18-13-11-14-19-41;/h11-40,66H,1-10H3;/i5D3,6D3,7D3;. The number of imidazole rings is 1. The molecule has 0 aliphatic carbocycles. The summed E-state index contributed by atoms with van der Waals surface area (Å²) in [7, 11) is 0. The monoisotopic (exact) mass is 1070 g/mol. The van der Waals surface area contributed by atoms with Gasteiger partial charge in [-0.1, -0.05) is 184 Å². The van der Waals surface area contributed by atoms with E-state index < -0.39 is 26.0 Å². The molecule has 0 aliphatic rings. The van der Waals surface area contributed by atoms with Gasteiger partial charge in [0.05, 0.1) is 28.0 Å². The largest absolute Gasteiger partial charge is 0.507 e. The van der Waals surface area contributed by atoms with Crippen molar-refractivity contribution in [3.05, 3.63) is 192 Å². The number of rotatable bonds is 9. The van der Waals surface area contributed by atoms with Gasteiger partial charge in [0.1, 0.15) is 11.6 Å². The van der Waals surface area contributed by atoms with E-state index >= 15 is 0 Å². The number of hydrogen-bond donors (Lipinski definition) is 1. The van der Waals surface area contributed by atoms with E-state index in [-0.39, 0.29) is 49.6 Å². The first-order valence-electron chi connectivity index (χ1n) is 27.2. The number of hydrogen-bond acceptors (Lipinski definition) is 3. The van der Waals surface area contributed by atoms with Crippen molar-refractivity contribution in [3.63, 3.8) is 0 Å². The van der Waals surface area contributed by atoms with Crippen molar-refractivity contribution in [3.8, 4) is 78.6 Å². The Balaban J connectivity index is 0.00000765. The van der Waals surface area contributed by atoms with Gasteiger partial charge in [-0.05, 0) is 127 Å². The van der Waals surface area contributed by atoms with Crippen LogP contribution in [0, 0.1) is 0 Å². The van der Waals surface area contributed by atoms with Crippen LogP contribution in [0.15, 0.2) is 170 Å².